The fourth-order valence-electron chi connectivity index (χ4n) is 1.75. The van der Waals surface area contributed by atoms with Gasteiger partial charge in [-0.2, -0.15) is 0 Å². The number of benzene rings is 1. The molecular formula is C16H23NO2. The average Bonchev–Trinajstić information content (AvgIpc) is 2.42. The Morgan fingerprint density at radius 3 is 2.63 bits per heavy atom. The summed E-state index contributed by atoms with van der Waals surface area (Å²) in [4.78, 5) is 23.4. The number of rotatable bonds is 7. The Morgan fingerprint density at radius 2 is 2.00 bits per heavy atom. The molecule has 0 spiro atoms. The molecule has 0 aliphatic rings. The first-order chi connectivity index (χ1) is 9.04. The number of nitrogens with one attached hydrogen (secondary N) is 1. The molecule has 0 aliphatic heterocycles. The van der Waals surface area contributed by atoms with E-state index < -0.39 is 0 Å². The normalized spacial score (nSPS) is 10.5. The molecule has 0 bridgehead atoms. The SMILES string of the molecule is CCCCc1cccc(C(=O)CNC(=O)C(C)C)c1. The topological polar surface area (TPSA) is 46.2 Å². The number of amides is 1. The van der Waals surface area contributed by atoms with Gasteiger partial charge in [0.05, 0.1) is 6.54 Å². The van der Waals surface area contributed by atoms with Crippen molar-refractivity contribution in [1.82, 2.24) is 5.32 Å². The number of hydrogen-bond acceptors (Lipinski definition) is 2. The predicted molar refractivity (Wildman–Crippen MR) is 77.2 cm³/mol. The van der Waals surface area contributed by atoms with Crippen LogP contribution in [0.25, 0.3) is 0 Å². The lowest BCUT2D eigenvalue weighted by Gasteiger charge is -2.08. The van der Waals surface area contributed by atoms with Gasteiger partial charge in [0.25, 0.3) is 0 Å². The highest BCUT2D eigenvalue weighted by atomic mass is 16.2. The van der Waals surface area contributed by atoms with Gasteiger partial charge in [-0.3, -0.25) is 9.59 Å². The van der Waals surface area contributed by atoms with Gasteiger partial charge in [-0.15, -0.1) is 0 Å². The molecule has 0 unspecified atom stereocenters. The van der Waals surface area contributed by atoms with Crippen LogP contribution in [0.4, 0.5) is 0 Å². The minimum atomic E-state index is -0.0938. The minimum absolute atomic E-state index is 0.0349. The molecule has 0 saturated heterocycles. The Balaban J connectivity index is 2.59. The van der Waals surface area contributed by atoms with Crippen LogP contribution in [0.5, 0.6) is 0 Å². The maximum absolute atomic E-state index is 12.0. The third-order valence-electron chi connectivity index (χ3n) is 3.02. The number of Topliss-reactive ketones (excluding diaryl/α,β-unsaturated/α-hetero) is 1. The molecule has 0 fully saturated rings. The lowest BCUT2D eigenvalue weighted by molar-refractivity contribution is -0.123. The Bertz CT molecular complexity index is 438. The van der Waals surface area contributed by atoms with E-state index in [1.54, 1.807) is 6.07 Å². The number of aryl methyl sites for hydroxylation is 1. The van der Waals surface area contributed by atoms with Crippen molar-refractivity contribution >= 4 is 11.7 Å². The molecule has 1 amide bonds. The zero-order valence-corrected chi connectivity index (χ0v) is 12.0. The van der Waals surface area contributed by atoms with Gasteiger partial charge >= 0.3 is 0 Å². The van der Waals surface area contributed by atoms with Gasteiger partial charge in [-0.05, 0) is 24.5 Å². The van der Waals surface area contributed by atoms with Gasteiger partial charge in [0.15, 0.2) is 5.78 Å². The molecule has 3 nitrogen and oxygen atoms in total. The molecule has 1 aromatic rings. The summed E-state index contributed by atoms with van der Waals surface area (Å²) in [6, 6.07) is 7.68. The van der Waals surface area contributed by atoms with E-state index >= 15 is 0 Å². The zero-order valence-electron chi connectivity index (χ0n) is 12.0. The lowest BCUT2D eigenvalue weighted by atomic mass is 10.0. The number of unbranched alkanes of at least 4 members (excludes halogenated alkanes) is 1. The molecule has 0 aliphatic carbocycles. The first-order valence-electron chi connectivity index (χ1n) is 6.94. The van der Waals surface area contributed by atoms with Crippen LogP contribution in [-0.4, -0.2) is 18.2 Å². The van der Waals surface area contributed by atoms with Crippen molar-refractivity contribution in [2.45, 2.75) is 40.0 Å². The van der Waals surface area contributed by atoms with Crippen LogP contribution in [-0.2, 0) is 11.2 Å². The number of hydrogen-bond donors (Lipinski definition) is 1. The van der Waals surface area contributed by atoms with Crippen LogP contribution in [0.2, 0.25) is 0 Å². The maximum atomic E-state index is 12.0. The molecule has 3 heteroatoms. The summed E-state index contributed by atoms with van der Waals surface area (Å²) in [5.74, 6) is -0.216. The summed E-state index contributed by atoms with van der Waals surface area (Å²) in [7, 11) is 0. The van der Waals surface area contributed by atoms with Crippen LogP contribution in [0.15, 0.2) is 24.3 Å². The highest BCUT2D eigenvalue weighted by molar-refractivity contribution is 5.99. The summed E-state index contributed by atoms with van der Waals surface area (Å²) in [6.45, 7) is 5.85. The molecule has 0 atom stereocenters. The van der Waals surface area contributed by atoms with Gasteiger partial charge in [-0.1, -0.05) is 45.4 Å². The average molecular weight is 261 g/mol. The van der Waals surface area contributed by atoms with Gasteiger partial charge in [-0.25, -0.2) is 0 Å². The standard InChI is InChI=1S/C16H23NO2/c1-4-5-7-13-8-6-9-14(10-13)15(18)11-17-16(19)12(2)3/h6,8-10,12H,4-5,7,11H2,1-3H3,(H,17,19). The molecule has 104 valence electrons. The Hall–Kier alpha value is -1.64. The molecule has 1 aromatic carbocycles. The summed E-state index contributed by atoms with van der Waals surface area (Å²) in [5, 5.41) is 2.65. The van der Waals surface area contributed by atoms with Crippen LogP contribution in [0.1, 0.15) is 49.5 Å². The molecule has 0 radical (unpaired) electrons. The highest BCUT2D eigenvalue weighted by Crippen LogP contribution is 2.09. The van der Waals surface area contributed by atoms with E-state index in [1.807, 2.05) is 32.0 Å². The van der Waals surface area contributed by atoms with Crippen molar-refractivity contribution in [1.29, 1.82) is 0 Å². The maximum Gasteiger partial charge on any atom is 0.222 e. The van der Waals surface area contributed by atoms with Crippen LogP contribution >= 0.6 is 0 Å². The summed E-state index contributed by atoms with van der Waals surface area (Å²) < 4.78 is 0. The molecular weight excluding hydrogens is 238 g/mol. The molecule has 1 N–H and O–H groups in total. The third-order valence-corrected chi connectivity index (χ3v) is 3.02. The largest absolute Gasteiger partial charge is 0.348 e. The smallest absolute Gasteiger partial charge is 0.222 e. The van der Waals surface area contributed by atoms with Gasteiger partial charge in [0, 0.05) is 11.5 Å². The van der Waals surface area contributed by atoms with Gasteiger partial charge in [0.1, 0.15) is 0 Å². The molecule has 0 saturated carbocycles. The lowest BCUT2D eigenvalue weighted by Crippen LogP contribution is -2.32. The van der Waals surface area contributed by atoms with Gasteiger partial charge < -0.3 is 5.32 Å². The van der Waals surface area contributed by atoms with Crippen molar-refractivity contribution in [2.75, 3.05) is 6.54 Å². The van der Waals surface area contributed by atoms with Crippen molar-refractivity contribution in [3.63, 3.8) is 0 Å². The second-order valence-electron chi connectivity index (χ2n) is 5.10. The second kappa shape index (κ2) is 7.72. The molecule has 0 heterocycles. The first-order valence-corrected chi connectivity index (χ1v) is 6.94. The summed E-state index contributed by atoms with van der Waals surface area (Å²) >= 11 is 0. The Morgan fingerprint density at radius 1 is 1.26 bits per heavy atom. The Kier molecular flexibility index (Phi) is 6.26. The Labute approximate surface area is 115 Å². The van der Waals surface area contributed by atoms with E-state index in [9.17, 15) is 9.59 Å². The fraction of sp³-hybridized carbons (Fsp3) is 0.500. The zero-order chi connectivity index (χ0) is 14.3. The monoisotopic (exact) mass is 261 g/mol. The molecule has 0 aromatic heterocycles. The van der Waals surface area contributed by atoms with Crippen molar-refractivity contribution < 1.29 is 9.59 Å². The highest BCUT2D eigenvalue weighted by Gasteiger charge is 2.10. The summed E-state index contributed by atoms with van der Waals surface area (Å²) in [6.07, 6.45) is 3.26. The van der Waals surface area contributed by atoms with Crippen LogP contribution in [0.3, 0.4) is 0 Å². The molecule has 1 rings (SSSR count). The molecule has 19 heavy (non-hydrogen) atoms. The first kappa shape index (κ1) is 15.4. The number of ketones is 1. The van der Waals surface area contributed by atoms with E-state index in [4.69, 9.17) is 0 Å². The minimum Gasteiger partial charge on any atom is -0.348 e. The quantitative estimate of drug-likeness (QED) is 0.767. The van der Waals surface area contributed by atoms with E-state index in [1.165, 1.54) is 5.56 Å². The van der Waals surface area contributed by atoms with Crippen LogP contribution < -0.4 is 5.32 Å². The van der Waals surface area contributed by atoms with Gasteiger partial charge in [0.2, 0.25) is 5.91 Å². The van der Waals surface area contributed by atoms with Crippen molar-refractivity contribution in [2.24, 2.45) is 5.92 Å². The van der Waals surface area contributed by atoms with Crippen LogP contribution in [0, 0.1) is 5.92 Å². The summed E-state index contributed by atoms with van der Waals surface area (Å²) in [5.41, 5.74) is 1.86. The number of carbonyl (C=O) groups is 2. The number of carbonyl (C=O) groups excluding carboxylic acids is 2. The second-order valence-corrected chi connectivity index (χ2v) is 5.10. The third kappa shape index (κ3) is 5.25. The predicted octanol–water partition coefficient (Wildman–Crippen LogP) is 2.98. The van der Waals surface area contributed by atoms with E-state index in [-0.39, 0.29) is 24.2 Å². The van der Waals surface area contributed by atoms with Crippen molar-refractivity contribution in [3.8, 4) is 0 Å². The van der Waals surface area contributed by atoms with E-state index in [0.717, 1.165) is 19.3 Å². The fourth-order valence-corrected chi connectivity index (χ4v) is 1.75. The van der Waals surface area contributed by atoms with E-state index in [0.29, 0.717) is 5.56 Å². The van der Waals surface area contributed by atoms with Crippen molar-refractivity contribution in [3.05, 3.63) is 35.4 Å². The van der Waals surface area contributed by atoms with E-state index in [2.05, 4.69) is 12.2 Å².